The van der Waals surface area contributed by atoms with Crippen LogP contribution in [0, 0.1) is 5.92 Å². The minimum atomic E-state index is 0.0965. The Hall–Kier alpha value is -2.12. The van der Waals surface area contributed by atoms with Crippen molar-refractivity contribution in [3.8, 4) is 0 Å². The Labute approximate surface area is 202 Å². The normalized spacial score (nSPS) is 17.9. The maximum Gasteiger partial charge on any atom is 0.223 e. The molecule has 1 saturated carbocycles. The maximum atomic E-state index is 12.7. The summed E-state index contributed by atoms with van der Waals surface area (Å²) in [5, 5.41) is 4.12. The molecule has 1 N–H and O–H groups in total. The average molecular weight is 468 g/mol. The zero-order valence-corrected chi connectivity index (χ0v) is 20.6. The second kappa shape index (κ2) is 12.4. The molecule has 2 aliphatic rings. The first-order chi connectivity index (χ1) is 16.2. The third kappa shape index (κ3) is 6.93. The molecule has 6 nitrogen and oxygen atoms in total. The number of nitrogens with zero attached hydrogens (tertiary/aromatic N) is 4. The second-order valence-electron chi connectivity index (χ2n) is 9.28. The van der Waals surface area contributed by atoms with Gasteiger partial charge in [0.25, 0.3) is 0 Å². The molecule has 1 aliphatic carbocycles. The van der Waals surface area contributed by atoms with Gasteiger partial charge < -0.3 is 15.1 Å². The van der Waals surface area contributed by atoms with Crippen LogP contribution in [-0.2, 0) is 4.79 Å². The Bertz CT molecular complexity index is 866. The molecule has 178 valence electrons. The molecule has 1 aromatic carbocycles. The first-order valence-corrected chi connectivity index (χ1v) is 13.3. The smallest absolute Gasteiger partial charge is 0.223 e. The predicted molar refractivity (Wildman–Crippen MR) is 135 cm³/mol. The summed E-state index contributed by atoms with van der Waals surface area (Å²) in [5.41, 5.74) is 0. The molecule has 1 saturated heterocycles. The van der Waals surface area contributed by atoms with Crippen LogP contribution in [0.1, 0.15) is 51.4 Å². The van der Waals surface area contributed by atoms with E-state index in [0.29, 0.717) is 0 Å². The Morgan fingerprint density at radius 2 is 1.79 bits per heavy atom. The van der Waals surface area contributed by atoms with Crippen LogP contribution in [0.25, 0.3) is 0 Å². The monoisotopic (exact) mass is 467 g/mol. The number of anilines is 1. The third-order valence-corrected chi connectivity index (χ3v) is 7.94. The summed E-state index contributed by atoms with van der Waals surface area (Å²) >= 11 is 1.64. The minimum absolute atomic E-state index is 0.0965. The van der Waals surface area contributed by atoms with Gasteiger partial charge in [-0.1, -0.05) is 49.2 Å². The molecule has 4 rings (SSSR count). The van der Waals surface area contributed by atoms with E-state index < -0.39 is 0 Å². The molecule has 0 radical (unpaired) electrons. The fourth-order valence-corrected chi connectivity index (χ4v) is 5.85. The summed E-state index contributed by atoms with van der Waals surface area (Å²) in [6.45, 7) is 3.52. The zero-order valence-electron chi connectivity index (χ0n) is 19.8. The van der Waals surface area contributed by atoms with Crippen LogP contribution in [0.3, 0.4) is 0 Å². The summed E-state index contributed by atoms with van der Waals surface area (Å²) in [7, 11) is 2.24. The lowest BCUT2D eigenvalue weighted by molar-refractivity contribution is -0.125. The van der Waals surface area contributed by atoms with Gasteiger partial charge in [0.15, 0.2) is 5.82 Å². The van der Waals surface area contributed by atoms with Crippen LogP contribution in [0.5, 0.6) is 0 Å². The summed E-state index contributed by atoms with van der Waals surface area (Å²) in [6, 6.07) is 11.0. The summed E-state index contributed by atoms with van der Waals surface area (Å²) in [6.07, 6.45) is 13.0. The van der Waals surface area contributed by atoms with Gasteiger partial charge in [0.1, 0.15) is 5.03 Å². The topological polar surface area (TPSA) is 61.4 Å². The van der Waals surface area contributed by atoms with Gasteiger partial charge in [0, 0.05) is 48.9 Å². The number of nitrogens with one attached hydrogen (secondary N) is 1. The number of rotatable bonds is 9. The summed E-state index contributed by atoms with van der Waals surface area (Å²) in [5.74, 6) is 1.24. The van der Waals surface area contributed by atoms with Gasteiger partial charge in [-0.15, -0.1) is 0 Å². The fraction of sp³-hybridized carbons (Fsp3) is 0.577. The average Bonchev–Trinajstić information content (AvgIpc) is 2.88. The molecule has 1 amide bonds. The second-order valence-corrected chi connectivity index (χ2v) is 10.3. The summed E-state index contributed by atoms with van der Waals surface area (Å²) in [4.78, 5) is 27.8. The highest BCUT2D eigenvalue weighted by Gasteiger charge is 2.27. The highest BCUT2D eigenvalue weighted by molar-refractivity contribution is 7.99. The van der Waals surface area contributed by atoms with Crippen molar-refractivity contribution >= 4 is 23.5 Å². The molecular formula is C26H37N5OS. The van der Waals surface area contributed by atoms with Crippen molar-refractivity contribution in [1.82, 2.24) is 20.2 Å². The summed E-state index contributed by atoms with van der Waals surface area (Å²) < 4.78 is 0. The van der Waals surface area contributed by atoms with Crippen molar-refractivity contribution in [1.29, 1.82) is 0 Å². The molecule has 1 aromatic heterocycles. The number of hydrogen-bond donors (Lipinski definition) is 1. The van der Waals surface area contributed by atoms with E-state index in [9.17, 15) is 4.79 Å². The van der Waals surface area contributed by atoms with Crippen molar-refractivity contribution in [2.24, 2.45) is 5.92 Å². The van der Waals surface area contributed by atoms with Crippen LogP contribution in [0.2, 0.25) is 0 Å². The molecule has 2 heterocycles. The first kappa shape index (κ1) is 24.0. The first-order valence-electron chi connectivity index (χ1n) is 12.5. The number of amides is 1. The Morgan fingerprint density at radius 1 is 1.06 bits per heavy atom. The highest BCUT2D eigenvalue weighted by atomic mass is 32.2. The van der Waals surface area contributed by atoms with Crippen LogP contribution in [0.15, 0.2) is 52.6 Å². The van der Waals surface area contributed by atoms with E-state index in [0.717, 1.165) is 67.2 Å². The van der Waals surface area contributed by atoms with Crippen molar-refractivity contribution in [2.45, 2.75) is 67.3 Å². The standard InChI is InChI=1S/C26H37N5OS/c1-30(22-9-4-2-5-10-22)18-8-15-28-25(32)21-13-19-31(20-14-21)24-26(29-17-16-27-24)33-23-11-6-3-7-12-23/h3,6-7,11-12,16-17,21-22H,2,4-5,8-10,13-15,18-20H2,1H3,(H,28,32). The number of aromatic nitrogens is 2. The van der Waals surface area contributed by atoms with Crippen molar-refractivity contribution in [3.63, 3.8) is 0 Å². The number of hydrogen-bond acceptors (Lipinski definition) is 6. The van der Waals surface area contributed by atoms with Gasteiger partial charge in [-0.05, 0) is 57.8 Å². The molecule has 7 heteroatoms. The maximum absolute atomic E-state index is 12.7. The largest absolute Gasteiger partial charge is 0.356 e. The molecule has 0 bridgehead atoms. The van der Waals surface area contributed by atoms with Crippen molar-refractivity contribution < 1.29 is 4.79 Å². The molecule has 2 aromatic rings. The third-order valence-electron chi connectivity index (χ3n) is 6.95. The van der Waals surface area contributed by atoms with Crippen molar-refractivity contribution in [2.75, 3.05) is 38.1 Å². The number of carbonyl (C=O) groups excluding carboxylic acids is 1. The van der Waals surface area contributed by atoms with Crippen LogP contribution in [-0.4, -0.2) is 60.0 Å². The van der Waals surface area contributed by atoms with Crippen molar-refractivity contribution in [3.05, 3.63) is 42.7 Å². The Kier molecular flexibility index (Phi) is 9.01. The lowest BCUT2D eigenvalue weighted by atomic mass is 9.94. The lowest BCUT2D eigenvalue weighted by Gasteiger charge is -2.33. The van der Waals surface area contributed by atoms with Gasteiger partial charge >= 0.3 is 0 Å². The van der Waals surface area contributed by atoms with E-state index in [1.54, 1.807) is 24.2 Å². The molecule has 1 aliphatic heterocycles. The van der Waals surface area contributed by atoms with Crippen LogP contribution >= 0.6 is 11.8 Å². The molecule has 2 fully saturated rings. The van der Waals surface area contributed by atoms with E-state index in [2.05, 4.69) is 44.3 Å². The molecule has 33 heavy (non-hydrogen) atoms. The zero-order chi connectivity index (χ0) is 22.9. The quantitative estimate of drug-likeness (QED) is 0.543. The Morgan fingerprint density at radius 3 is 2.55 bits per heavy atom. The van der Waals surface area contributed by atoms with Gasteiger partial charge in [0.05, 0.1) is 0 Å². The highest BCUT2D eigenvalue weighted by Crippen LogP contribution is 2.33. The minimum Gasteiger partial charge on any atom is -0.356 e. The van der Waals surface area contributed by atoms with Gasteiger partial charge in [-0.2, -0.15) is 0 Å². The fourth-order valence-electron chi connectivity index (χ4n) is 4.95. The predicted octanol–water partition coefficient (Wildman–Crippen LogP) is 4.62. The molecular weight excluding hydrogens is 430 g/mol. The van der Waals surface area contributed by atoms with Crippen LogP contribution in [0.4, 0.5) is 5.82 Å². The number of piperidine rings is 1. The van der Waals surface area contributed by atoms with E-state index >= 15 is 0 Å². The SMILES string of the molecule is CN(CCCNC(=O)C1CCN(c2nccnc2Sc2ccccc2)CC1)C1CCCCC1. The molecule has 0 atom stereocenters. The van der Waals surface area contributed by atoms with Crippen LogP contribution < -0.4 is 10.2 Å². The Balaban J connectivity index is 1.20. The van der Waals surface area contributed by atoms with Gasteiger partial charge in [-0.25, -0.2) is 9.97 Å². The van der Waals surface area contributed by atoms with E-state index in [1.165, 1.54) is 32.1 Å². The van der Waals surface area contributed by atoms with E-state index in [-0.39, 0.29) is 11.8 Å². The lowest BCUT2D eigenvalue weighted by Crippen LogP contribution is -2.42. The van der Waals surface area contributed by atoms with E-state index in [1.807, 2.05) is 18.2 Å². The van der Waals surface area contributed by atoms with Gasteiger partial charge in [0.2, 0.25) is 5.91 Å². The number of carbonyl (C=O) groups is 1. The number of benzene rings is 1. The van der Waals surface area contributed by atoms with Gasteiger partial charge in [-0.3, -0.25) is 4.79 Å². The molecule has 0 spiro atoms. The molecule has 0 unspecified atom stereocenters. The van der Waals surface area contributed by atoms with E-state index in [4.69, 9.17) is 0 Å².